The molecule has 2 fully saturated rings. The Morgan fingerprint density at radius 3 is 2.68 bits per heavy atom. The summed E-state index contributed by atoms with van der Waals surface area (Å²) in [6.07, 6.45) is 2.05. The Morgan fingerprint density at radius 1 is 1.06 bits per heavy atom. The molecule has 0 spiro atoms. The quantitative estimate of drug-likeness (QED) is 0.748. The number of benzene rings is 2. The average molecular weight is 469 g/mol. The van der Waals surface area contributed by atoms with Gasteiger partial charge in [0.05, 0.1) is 37.9 Å². The smallest absolute Gasteiger partial charge is 0.225 e. The second-order valence-electron chi connectivity index (χ2n) is 9.73. The molecule has 1 N–H and O–H groups in total. The third-order valence-corrected chi connectivity index (χ3v) is 7.27. The van der Waals surface area contributed by atoms with Crippen LogP contribution in [0, 0.1) is 5.82 Å². The van der Waals surface area contributed by atoms with E-state index in [2.05, 4.69) is 23.1 Å². The van der Waals surface area contributed by atoms with Crippen molar-refractivity contribution in [2.45, 2.75) is 63.1 Å². The third kappa shape index (κ3) is 5.49. The molecule has 3 aliphatic heterocycles. The van der Waals surface area contributed by atoms with Gasteiger partial charge in [0.1, 0.15) is 5.82 Å². The van der Waals surface area contributed by atoms with Crippen molar-refractivity contribution in [1.82, 2.24) is 9.80 Å². The summed E-state index contributed by atoms with van der Waals surface area (Å²) in [7, 11) is 0. The normalized spacial score (nSPS) is 27.9. The Morgan fingerprint density at radius 2 is 1.85 bits per heavy atom. The zero-order chi connectivity index (χ0) is 23.5. The summed E-state index contributed by atoms with van der Waals surface area (Å²) in [5.41, 5.74) is 3.56. The number of β-amino-alcohol motifs (C(OH)–C–C–N with tert-alkyl or cyclic N) is 1. The molecule has 0 bridgehead atoms. The van der Waals surface area contributed by atoms with E-state index < -0.39 is 6.10 Å². The Labute approximate surface area is 200 Å². The standard InChI is InChI=1S/C27H33FN2O4/c28-22-7-5-19(6-8-22)14-30-16-23(31)17-33-18-26-25(30)10-9-24(34-26)13-27(32)29-12-11-20-3-1-2-4-21(20)15-29/h1-8,23-26,31H,9-18H2/t23-,24+,25+,26-/m1/s1. The van der Waals surface area contributed by atoms with E-state index in [-0.39, 0.29) is 36.6 Å². The van der Waals surface area contributed by atoms with E-state index in [4.69, 9.17) is 9.47 Å². The van der Waals surface area contributed by atoms with E-state index >= 15 is 0 Å². The number of ether oxygens (including phenoxy) is 2. The fourth-order valence-electron chi connectivity index (χ4n) is 5.48. The van der Waals surface area contributed by atoms with Crippen molar-refractivity contribution in [3.8, 4) is 0 Å². The SMILES string of the molecule is O=C(C[C@@H]1CC[C@H]2[C@@H](COC[C@H](O)CN2Cc2ccc(F)cc2)O1)N1CCc2ccccc2C1. The molecule has 34 heavy (non-hydrogen) atoms. The lowest BCUT2D eigenvalue weighted by molar-refractivity contribution is -0.161. The zero-order valence-corrected chi connectivity index (χ0v) is 19.4. The summed E-state index contributed by atoms with van der Waals surface area (Å²) in [4.78, 5) is 17.3. The molecule has 3 heterocycles. The molecule has 0 aromatic heterocycles. The van der Waals surface area contributed by atoms with Gasteiger partial charge < -0.3 is 19.5 Å². The number of nitrogens with zero attached hydrogens (tertiary/aromatic N) is 2. The van der Waals surface area contributed by atoms with Gasteiger partial charge in [0, 0.05) is 32.2 Å². The average Bonchev–Trinajstić information content (AvgIpc) is 2.84. The molecule has 4 atom stereocenters. The Bertz CT molecular complexity index is 985. The molecule has 1 amide bonds. The van der Waals surface area contributed by atoms with E-state index in [1.165, 1.54) is 23.3 Å². The first-order chi connectivity index (χ1) is 16.5. The largest absolute Gasteiger partial charge is 0.389 e. The van der Waals surface area contributed by atoms with Gasteiger partial charge in [-0.25, -0.2) is 4.39 Å². The highest BCUT2D eigenvalue weighted by Crippen LogP contribution is 2.30. The highest BCUT2D eigenvalue weighted by molar-refractivity contribution is 5.77. The van der Waals surface area contributed by atoms with Crippen molar-refractivity contribution in [1.29, 1.82) is 0 Å². The molecule has 0 saturated carbocycles. The third-order valence-electron chi connectivity index (χ3n) is 7.27. The van der Waals surface area contributed by atoms with Crippen LogP contribution in [0.5, 0.6) is 0 Å². The van der Waals surface area contributed by atoms with Gasteiger partial charge in [0.15, 0.2) is 0 Å². The van der Waals surface area contributed by atoms with Gasteiger partial charge in [0.2, 0.25) is 5.91 Å². The van der Waals surface area contributed by atoms with Crippen LogP contribution in [-0.2, 0) is 33.8 Å². The van der Waals surface area contributed by atoms with Crippen molar-refractivity contribution >= 4 is 5.91 Å². The van der Waals surface area contributed by atoms with Crippen LogP contribution in [0.25, 0.3) is 0 Å². The highest BCUT2D eigenvalue weighted by atomic mass is 19.1. The second-order valence-corrected chi connectivity index (χ2v) is 9.73. The summed E-state index contributed by atoms with van der Waals surface area (Å²) in [5, 5.41) is 10.4. The Balaban J connectivity index is 1.22. The van der Waals surface area contributed by atoms with Crippen LogP contribution in [0.3, 0.4) is 0 Å². The first-order valence-corrected chi connectivity index (χ1v) is 12.3. The van der Waals surface area contributed by atoms with E-state index in [1.54, 1.807) is 12.1 Å². The number of hydrogen-bond donors (Lipinski definition) is 1. The van der Waals surface area contributed by atoms with Gasteiger partial charge in [-0.2, -0.15) is 0 Å². The van der Waals surface area contributed by atoms with Crippen molar-refractivity contribution < 1.29 is 23.8 Å². The van der Waals surface area contributed by atoms with Crippen molar-refractivity contribution in [2.75, 3.05) is 26.3 Å². The summed E-state index contributed by atoms with van der Waals surface area (Å²) in [6.45, 7) is 3.14. The Hall–Kier alpha value is -2.32. The minimum absolute atomic E-state index is 0.0771. The fraction of sp³-hybridized carbons (Fsp3) is 0.519. The molecular formula is C27H33FN2O4. The maximum atomic E-state index is 13.3. The number of aliphatic hydroxyl groups excluding tert-OH is 1. The molecule has 0 aliphatic carbocycles. The summed E-state index contributed by atoms with van der Waals surface area (Å²) >= 11 is 0. The molecule has 0 radical (unpaired) electrons. The molecule has 2 saturated heterocycles. The van der Waals surface area contributed by atoms with Crippen LogP contribution in [0.1, 0.15) is 36.0 Å². The van der Waals surface area contributed by atoms with Crippen LogP contribution < -0.4 is 0 Å². The molecule has 6 nitrogen and oxygen atoms in total. The first kappa shape index (κ1) is 23.4. The van der Waals surface area contributed by atoms with Crippen molar-refractivity contribution in [3.63, 3.8) is 0 Å². The van der Waals surface area contributed by atoms with E-state index in [1.807, 2.05) is 11.0 Å². The molecule has 3 aliphatic rings. The molecule has 5 rings (SSSR count). The zero-order valence-electron chi connectivity index (χ0n) is 19.4. The maximum Gasteiger partial charge on any atom is 0.225 e. The maximum absolute atomic E-state index is 13.3. The van der Waals surface area contributed by atoms with Gasteiger partial charge in [-0.15, -0.1) is 0 Å². The summed E-state index contributed by atoms with van der Waals surface area (Å²) < 4.78 is 25.5. The van der Waals surface area contributed by atoms with E-state index in [9.17, 15) is 14.3 Å². The van der Waals surface area contributed by atoms with Crippen LogP contribution in [-0.4, -0.2) is 71.5 Å². The Kier molecular flexibility index (Phi) is 7.25. The van der Waals surface area contributed by atoms with Gasteiger partial charge in [0.25, 0.3) is 0 Å². The molecule has 2 aromatic rings. The number of aliphatic hydroxyl groups is 1. The lowest BCUT2D eigenvalue weighted by Gasteiger charge is -2.44. The van der Waals surface area contributed by atoms with E-state index in [0.717, 1.165) is 31.4 Å². The number of carbonyl (C=O) groups is 1. The number of carbonyl (C=O) groups excluding carboxylic acids is 1. The lowest BCUT2D eigenvalue weighted by atomic mass is 9.93. The summed E-state index contributed by atoms with van der Waals surface area (Å²) in [6, 6.07) is 14.9. The van der Waals surface area contributed by atoms with Gasteiger partial charge >= 0.3 is 0 Å². The van der Waals surface area contributed by atoms with Gasteiger partial charge in [-0.05, 0) is 48.1 Å². The van der Waals surface area contributed by atoms with Crippen LogP contribution in [0.4, 0.5) is 4.39 Å². The fourth-order valence-corrected chi connectivity index (χ4v) is 5.48. The van der Waals surface area contributed by atoms with Gasteiger partial charge in [-0.3, -0.25) is 9.69 Å². The number of fused-ring (bicyclic) bond motifs is 2. The minimum Gasteiger partial charge on any atom is -0.389 e. The molecule has 182 valence electrons. The van der Waals surface area contributed by atoms with Crippen LogP contribution in [0.2, 0.25) is 0 Å². The first-order valence-electron chi connectivity index (χ1n) is 12.3. The monoisotopic (exact) mass is 468 g/mol. The lowest BCUT2D eigenvalue weighted by Crippen LogP contribution is -2.55. The van der Waals surface area contributed by atoms with Crippen molar-refractivity contribution in [2.24, 2.45) is 0 Å². The predicted molar refractivity (Wildman–Crippen MR) is 125 cm³/mol. The topological polar surface area (TPSA) is 62.2 Å². The number of amides is 1. The predicted octanol–water partition coefficient (Wildman–Crippen LogP) is 2.91. The second kappa shape index (κ2) is 10.5. The number of rotatable bonds is 4. The number of halogens is 1. The molecule has 0 unspecified atom stereocenters. The van der Waals surface area contributed by atoms with Crippen molar-refractivity contribution in [3.05, 3.63) is 71.0 Å². The minimum atomic E-state index is -0.581. The molecular weight excluding hydrogens is 435 g/mol. The van der Waals surface area contributed by atoms with Gasteiger partial charge in [-0.1, -0.05) is 36.4 Å². The summed E-state index contributed by atoms with van der Waals surface area (Å²) in [5.74, 6) is -0.114. The van der Waals surface area contributed by atoms with Crippen LogP contribution in [0.15, 0.2) is 48.5 Å². The molecule has 2 aromatic carbocycles. The highest BCUT2D eigenvalue weighted by Gasteiger charge is 2.38. The number of hydrogen-bond acceptors (Lipinski definition) is 5. The van der Waals surface area contributed by atoms with Crippen LogP contribution >= 0.6 is 0 Å². The van der Waals surface area contributed by atoms with E-state index in [0.29, 0.717) is 32.7 Å². The molecule has 7 heteroatoms.